The van der Waals surface area contributed by atoms with E-state index in [4.69, 9.17) is 25.9 Å². The summed E-state index contributed by atoms with van der Waals surface area (Å²) in [4.78, 5) is 15.0. The minimum atomic E-state index is -0.700. The zero-order chi connectivity index (χ0) is 16.4. The average Bonchev–Trinajstić information content (AvgIpc) is 2.56. The van der Waals surface area contributed by atoms with Gasteiger partial charge in [0.25, 0.3) is 0 Å². The number of methoxy groups -OCH3 is 1. The Balaban J connectivity index is 2.83. The van der Waals surface area contributed by atoms with Gasteiger partial charge in [0, 0.05) is 0 Å². The number of carbonyl (C=O) groups is 1. The van der Waals surface area contributed by atoms with E-state index in [1.54, 1.807) is 18.2 Å². The first kappa shape index (κ1) is 17.3. The normalized spacial score (nSPS) is 10.1. The molecule has 0 unspecified atom stereocenters. The molecule has 0 aliphatic carbocycles. The van der Waals surface area contributed by atoms with Gasteiger partial charge in [0.1, 0.15) is 25.2 Å². The summed E-state index contributed by atoms with van der Waals surface area (Å²) in [6.07, 6.45) is 2.79. The van der Waals surface area contributed by atoms with Crippen LogP contribution in [0.2, 0.25) is 0 Å². The summed E-state index contributed by atoms with van der Waals surface area (Å²) in [5, 5.41) is 0.820. The van der Waals surface area contributed by atoms with Crippen LogP contribution in [0.15, 0.2) is 35.7 Å². The molecule has 0 saturated carbocycles. The second kappa shape index (κ2) is 9.21. The van der Waals surface area contributed by atoms with Gasteiger partial charge in [0.05, 0.1) is 13.3 Å². The Morgan fingerprint density at radius 1 is 1.50 bits per heavy atom. The first-order valence-electron chi connectivity index (χ1n) is 6.23. The number of hydrogen-bond donors (Lipinski definition) is 3. The number of rotatable bonds is 8. The zero-order valence-electron chi connectivity index (χ0n) is 12.2. The minimum Gasteiger partial charge on any atom is -0.496 e. The van der Waals surface area contributed by atoms with Crippen LogP contribution in [-0.2, 0) is 4.74 Å². The lowest BCUT2D eigenvalue weighted by molar-refractivity contribution is 0.175. The number of anilines is 1. The zero-order valence-corrected chi connectivity index (χ0v) is 12.2. The van der Waals surface area contributed by atoms with Crippen LogP contribution in [0.3, 0.4) is 0 Å². The molecule has 22 heavy (non-hydrogen) atoms. The van der Waals surface area contributed by atoms with Gasteiger partial charge >= 0.3 is 6.03 Å². The predicted octanol–water partition coefficient (Wildman–Crippen LogP) is 0.526. The number of aliphatic imine (C=N–C) groups is 1. The molecule has 0 atom stereocenters. The fraction of sp³-hybridized carbons (Fsp3) is 0.231. The van der Waals surface area contributed by atoms with Gasteiger partial charge in [-0.15, -0.1) is 0 Å². The van der Waals surface area contributed by atoms with E-state index in [9.17, 15) is 4.79 Å². The number of carbonyl (C=O) groups excluding carboxylic acids is 1. The lowest BCUT2D eigenvalue weighted by Gasteiger charge is -2.21. The van der Waals surface area contributed by atoms with Crippen molar-refractivity contribution in [1.82, 2.24) is 5.43 Å². The average molecular weight is 309 g/mol. The molecular formula is C13H19N5O4. The number of para-hydroxylation sites is 1. The Labute approximate surface area is 128 Å². The maximum absolute atomic E-state index is 11.5. The Morgan fingerprint density at radius 3 is 2.91 bits per heavy atom. The number of hydrogen-bond acceptors (Lipinski definition) is 7. The minimum absolute atomic E-state index is 0.201. The van der Waals surface area contributed by atoms with E-state index >= 15 is 0 Å². The van der Waals surface area contributed by atoms with Gasteiger partial charge in [-0.2, -0.15) is 0 Å². The van der Waals surface area contributed by atoms with E-state index in [1.807, 2.05) is 5.43 Å². The Morgan fingerprint density at radius 2 is 2.27 bits per heavy atom. The molecule has 0 aromatic heterocycles. The third kappa shape index (κ3) is 4.65. The number of amides is 2. The van der Waals surface area contributed by atoms with Gasteiger partial charge < -0.3 is 14.2 Å². The Hall–Kier alpha value is -2.78. The summed E-state index contributed by atoms with van der Waals surface area (Å²) in [7, 11) is 1.48. The van der Waals surface area contributed by atoms with Crippen LogP contribution in [0.4, 0.5) is 10.5 Å². The fourth-order valence-electron chi connectivity index (χ4n) is 1.52. The van der Waals surface area contributed by atoms with Crippen LogP contribution >= 0.6 is 0 Å². The number of nitrogens with two attached hydrogens (primary N) is 2. The van der Waals surface area contributed by atoms with Crippen LogP contribution in [0.1, 0.15) is 0 Å². The molecular weight excluding hydrogens is 290 g/mol. The van der Waals surface area contributed by atoms with E-state index in [0.29, 0.717) is 17.2 Å². The van der Waals surface area contributed by atoms with Crippen LogP contribution in [0.25, 0.3) is 0 Å². The number of benzene rings is 1. The van der Waals surface area contributed by atoms with Crippen molar-refractivity contribution in [2.24, 2.45) is 16.7 Å². The second-order valence-corrected chi connectivity index (χ2v) is 3.81. The largest absolute Gasteiger partial charge is 0.496 e. The SMILES string of the molecule is C=N/C=C\OCCOc1c(OC)cccc1N(N)C(=O)NN. The molecule has 0 fully saturated rings. The smallest absolute Gasteiger partial charge is 0.350 e. The summed E-state index contributed by atoms with van der Waals surface area (Å²) < 4.78 is 15.9. The van der Waals surface area contributed by atoms with Crippen LogP contribution in [0.5, 0.6) is 11.5 Å². The molecule has 0 saturated heterocycles. The highest BCUT2D eigenvalue weighted by atomic mass is 16.5. The summed E-state index contributed by atoms with van der Waals surface area (Å²) in [6.45, 7) is 3.73. The van der Waals surface area contributed by atoms with Gasteiger partial charge in [-0.3, -0.25) is 10.4 Å². The van der Waals surface area contributed by atoms with Crippen LogP contribution < -0.4 is 31.6 Å². The van der Waals surface area contributed by atoms with Gasteiger partial charge in [0.15, 0.2) is 11.5 Å². The Kier molecular flexibility index (Phi) is 7.23. The molecule has 0 radical (unpaired) electrons. The number of hydrazine groups is 2. The molecule has 1 aromatic rings. The van der Waals surface area contributed by atoms with Gasteiger partial charge in [-0.1, -0.05) is 6.07 Å². The van der Waals surface area contributed by atoms with Crippen LogP contribution in [0, 0.1) is 0 Å². The van der Waals surface area contributed by atoms with Gasteiger partial charge in [0.2, 0.25) is 0 Å². The highest BCUT2D eigenvalue weighted by Crippen LogP contribution is 2.36. The third-order valence-corrected chi connectivity index (χ3v) is 2.49. The highest BCUT2D eigenvalue weighted by molar-refractivity contribution is 5.92. The monoisotopic (exact) mass is 309 g/mol. The molecule has 120 valence electrons. The topological polar surface area (TPSA) is 124 Å². The third-order valence-electron chi connectivity index (χ3n) is 2.49. The van der Waals surface area contributed by atoms with Crippen molar-refractivity contribution in [3.05, 3.63) is 30.7 Å². The quantitative estimate of drug-likeness (QED) is 0.161. The summed E-state index contributed by atoms with van der Waals surface area (Å²) in [5.41, 5.74) is 2.23. The molecule has 1 aromatic carbocycles. The maximum Gasteiger partial charge on any atom is 0.350 e. The molecule has 0 spiro atoms. The number of nitrogens with one attached hydrogen (secondary N) is 1. The Bertz CT molecular complexity index is 535. The molecule has 0 aliphatic rings. The lowest BCUT2D eigenvalue weighted by Crippen LogP contribution is -2.47. The molecule has 2 amide bonds. The first-order valence-corrected chi connectivity index (χ1v) is 6.23. The number of ether oxygens (including phenoxy) is 3. The van der Waals surface area contributed by atoms with Crippen molar-refractivity contribution < 1.29 is 19.0 Å². The van der Waals surface area contributed by atoms with E-state index in [2.05, 4.69) is 11.7 Å². The molecule has 5 N–H and O–H groups in total. The molecule has 9 heteroatoms. The van der Waals surface area contributed by atoms with E-state index < -0.39 is 6.03 Å². The first-order chi connectivity index (χ1) is 10.7. The maximum atomic E-state index is 11.5. The number of urea groups is 1. The summed E-state index contributed by atoms with van der Waals surface area (Å²) >= 11 is 0. The highest BCUT2D eigenvalue weighted by Gasteiger charge is 2.19. The molecule has 1 rings (SSSR count). The predicted molar refractivity (Wildman–Crippen MR) is 82.5 cm³/mol. The standard InChI is InChI=1S/C13H19N5O4/c1-16-6-7-21-8-9-22-12-10(18(15)13(19)17-14)4-3-5-11(12)20-2/h3-7H,1,8-9,14-15H2,2H3,(H,17,19)/b7-6-. The van der Waals surface area contributed by atoms with Crippen molar-refractivity contribution in [1.29, 1.82) is 0 Å². The van der Waals surface area contributed by atoms with Crippen molar-refractivity contribution in [2.75, 3.05) is 25.3 Å². The van der Waals surface area contributed by atoms with Crippen molar-refractivity contribution >= 4 is 18.4 Å². The van der Waals surface area contributed by atoms with Crippen molar-refractivity contribution in [2.45, 2.75) is 0 Å². The summed E-state index contributed by atoms with van der Waals surface area (Å²) in [6, 6.07) is 4.24. The molecule has 9 nitrogen and oxygen atoms in total. The fourth-order valence-corrected chi connectivity index (χ4v) is 1.52. The van der Waals surface area contributed by atoms with E-state index in [-0.39, 0.29) is 13.2 Å². The van der Waals surface area contributed by atoms with E-state index in [0.717, 1.165) is 5.01 Å². The lowest BCUT2D eigenvalue weighted by atomic mass is 10.2. The van der Waals surface area contributed by atoms with Crippen LogP contribution in [-0.4, -0.2) is 33.1 Å². The van der Waals surface area contributed by atoms with Gasteiger partial charge in [-0.05, 0) is 18.9 Å². The van der Waals surface area contributed by atoms with E-state index in [1.165, 1.54) is 19.6 Å². The molecule has 0 heterocycles. The second-order valence-electron chi connectivity index (χ2n) is 3.81. The van der Waals surface area contributed by atoms with Crippen molar-refractivity contribution in [3.63, 3.8) is 0 Å². The number of nitrogens with zero attached hydrogens (tertiary/aromatic N) is 2. The summed E-state index contributed by atoms with van der Waals surface area (Å²) in [5.74, 6) is 11.5. The molecule has 0 bridgehead atoms. The van der Waals surface area contributed by atoms with Gasteiger partial charge in [-0.25, -0.2) is 21.5 Å². The van der Waals surface area contributed by atoms with Crippen molar-refractivity contribution in [3.8, 4) is 11.5 Å². The molecule has 0 aliphatic heterocycles.